The van der Waals surface area contributed by atoms with E-state index in [2.05, 4.69) is 5.32 Å². The number of amides is 1. The van der Waals surface area contributed by atoms with Crippen LogP contribution >= 0.6 is 11.3 Å². The molecule has 0 saturated heterocycles. The van der Waals surface area contributed by atoms with Crippen molar-refractivity contribution in [2.45, 2.75) is 26.4 Å². The summed E-state index contributed by atoms with van der Waals surface area (Å²) >= 11 is 1.46. The number of benzene rings is 1. The molecule has 1 aromatic heterocycles. The number of hydrogen-bond donors (Lipinski definition) is 1. The van der Waals surface area contributed by atoms with Crippen LogP contribution in [0.1, 0.15) is 29.1 Å². The van der Waals surface area contributed by atoms with E-state index in [1.54, 1.807) is 24.3 Å². The number of ether oxygens (including phenoxy) is 1. The Hall–Kier alpha value is -2.47. The third kappa shape index (κ3) is 4.75. The monoisotopic (exact) mass is 331 g/mol. The summed E-state index contributed by atoms with van der Waals surface area (Å²) in [5.41, 5.74) is 0.823. The van der Waals surface area contributed by atoms with Gasteiger partial charge in [-0.25, -0.2) is 0 Å². The fourth-order valence-corrected chi connectivity index (χ4v) is 2.67. The number of thiophene rings is 1. The van der Waals surface area contributed by atoms with Crippen molar-refractivity contribution in [1.82, 2.24) is 0 Å². The highest BCUT2D eigenvalue weighted by molar-refractivity contribution is 7.10. The molecule has 1 heterocycles. The zero-order valence-electron chi connectivity index (χ0n) is 12.9. The Morgan fingerprint density at radius 2 is 1.91 bits per heavy atom. The van der Waals surface area contributed by atoms with Gasteiger partial charge in [0.2, 0.25) is 0 Å². The van der Waals surface area contributed by atoms with Gasteiger partial charge in [0.15, 0.2) is 11.9 Å². The van der Waals surface area contributed by atoms with Gasteiger partial charge in [0.25, 0.3) is 5.91 Å². The second kappa shape index (κ2) is 7.69. The van der Waals surface area contributed by atoms with Gasteiger partial charge in [-0.3, -0.25) is 14.4 Å². The molecule has 1 N–H and O–H groups in total. The van der Waals surface area contributed by atoms with Crippen LogP contribution in [0.3, 0.4) is 0 Å². The molecule has 1 atom stereocenters. The summed E-state index contributed by atoms with van der Waals surface area (Å²) in [5, 5.41) is 4.49. The van der Waals surface area contributed by atoms with Crippen molar-refractivity contribution in [3.63, 3.8) is 0 Å². The fourth-order valence-electron chi connectivity index (χ4n) is 1.98. The molecule has 0 bridgehead atoms. The molecule has 0 aliphatic carbocycles. The van der Waals surface area contributed by atoms with Gasteiger partial charge in [-0.1, -0.05) is 18.2 Å². The van der Waals surface area contributed by atoms with Crippen molar-refractivity contribution in [3.05, 3.63) is 52.2 Å². The predicted molar refractivity (Wildman–Crippen MR) is 88.7 cm³/mol. The van der Waals surface area contributed by atoms with E-state index in [0.717, 1.165) is 4.88 Å². The molecule has 0 saturated carbocycles. The summed E-state index contributed by atoms with van der Waals surface area (Å²) in [5.74, 6) is -1.09. The van der Waals surface area contributed by atoms with Crippen LogP contribution in [0.15, 0.2) is 41.8 Å². The van der Waals surface area contributed by atoms with Gasteiger partial charge in [0, 0.05) is 10.4 Å². The van der Waals surface area contributed by atoms with E-state index in [4.69, 9.17) is 4.74 Å². The molecule has 23 heavy (non-hydrogen) atoms. The Labute approximate surface area is 138 Å². The van der Waals surface area contributed by atoms with Crippen molar-refractivity contribution in [1.29, 1.82) is 0 Å². The van der Waals surface area contributed by atoms with Gasteiger partial charge in [0.05, 0.1) is 12.1 Å². The largest absolute Gasteiger partial charge is 0.452 e. The lowest BCUT2D eigenvalue weighted by Crippen LogP contribution is -2.30. The van der Waals surface area contributed by atoms with Crippen LogP contribution in [-0.2, 0) is 20.7 Å². The summed E-state index contributed by atoms with van der Waals surface area (Å²) in [7, 11) is 0. The highest BCUT2D eigenvalue weighted by atomic mass is 32.1. The maximum atomic E-state index is 12.1. The number of rotatable bonds is 6. The molecule has 2 aromatic rings. The van der Waals surface area contributed by atoms with E-state index >= 15 is 0 Å². The minimum atomic E-state index is -0.942. The Morgan fingerprint density at radius 1 is 1.17 bits per heavy atom. The summed E-state index contributed by atoms with van der Waals surface area (Å²) in [6, 6.07) is 10.4. The van der Waals surface area contributed by atoms with Crippen molar-refractivity contribution < 1.29 is 19.1 Å². The van der Waals surface area contributed by atoms with Crippen LogP contribution in [0, 0.1) is 0 Å². The van der Waals surface area contributed by atoms with Gasteiger partial charge in [0.1, 0.15) is 0 Å². The quantitative estimate of drug-likeness (QED) is 0.652. The third-order valence-corrected chi connectivity index (χ3v) is 4.02. The van der Waals surface area contributed by atoms with Gasteiger partial charge in [-0.2, -0.15) is 0 Å². The first-order chi connectivity index (χ1) is 11.0. The molecule has 6 heteroatoms. The number of nitrogens with one attached hydrogen (secondary N) is 1. The van der Waals surface area contributed by atoms with Gasteiger partial charge in [-0.15, -0.1) is 11.3 Å². The van der Waals surface area contributed by atoms with Gasteiger partial charge >= 0.3 is 5.97 Å². The van der Waals surface area contributed by atoms with E-state index in [-0.39, 0.29) is 12.2 Å². The van der Waals surface area contributed by atoms with Crippen LogP contribution in [0.4, 0.5) is 5.69 Å². The first-order valence-electron chi connectivity index (χ1n) is 7.10. The lowest BCUT2D eigenvalue weighted by Gasteiger charge is -2.14. The van der Waals surface area contributed by atoms with E-state index in [0.29, 0.717) is 11.3 Å². The molecule has 0 aliphatic heterocycles. The van der Waals surface area contributed by atoms with Crippen molar-refractivity contribution in [3.8, 4) is 0 Å². The first kappa shape index (κ1) is 16.9. The van der Waals surface area contributed by atoms with Crippen LogP contribution in [0.2, 0.25) is 0 Å². The lowest BCUT2D eigenvalue weighted by molar-refractivity contribution is -0.152. The Balaban J connectivity index is 1.95. The summed E-state index contributed by atoms with van der Waals surface area (Å²) in [6.45, 7) is 2.92. The topological polar surface area (TPSA) is 72.5 Å². The Bertz CT molecular complexity index is 709. The van der Waals surface area contributed by atoms with E-state index in [9.17, 15) is 14.4 Å². The van der Waals surface area contributed by atoms with Crippen molar-refractivity contribution in [2.24, 2.45) is 0 Å². The number of esters is 1. The normalized spacial score (nSPS) is 11.6. The molecule has 0 radical (unpaired) electrons. The summed E-state index contributed by atoms with van der Waals surface area (Å²) in [4.78, 5) is 36.3. The molecule has 1 unspecified atom stereocenters. The number of ketones is 1. The van der Waals surface area contributed by atoms with Crippen molar-refractivity contribution in [2.75, 3.05) is 5.32 Å². The zero-order chi connectivity index (χ0) is 16.8. The molecular weight excluding hydrogens is 314 g/mol. The molecule has 1 aromatic carbocycles. The highest BCUT2D eigenvalue weighted by Gasteiger charge is 2.19. The standard InChI is InChI=1S/C17H17NO4S/c1-11(19)14-7-3-4-8-15(14)18-17(21)12(2)22-16(20)10-13-6-5-9-23-13/h3-9,12H,10H2,1-2H3,(H,18,21). The minimum absolute atomic E-state index is 0.138. The van der Waals surface area contributed by atoms with E-state index < -0.39 is 18.0 Å². The number of carbonyl (C=O) groups is 3. The van der Waals surface area contributed by atoms with E-state index in [1.807, 2.05) is 17.5 Å². The molecule has 0 fully saturated rings. The maximum Gasteiger partial charge on any atom is 0.311 e. The zero-order valence-corrected chi connectivity index (χ0v) is 13.7. The molecular formula is C17H17NO4S. The molecule has 1 amide bonds. The number of anilines is 1. The smallest absolute Gasteiger partial charge is 0.311 e. The Morgan fingerprint density at radius 3 is 2.57 bits per heavy atom. The third-order valence-electron chi connectivity index (χ3n) is 3.14. The lowest BCUT2D eigenvalue weighted by atomic mass is 10.1. The molecule has 0 spiro atoms. The van der Waals surface area contributed by atoms with Crippen LogP contribution in [-0.4, -0.2) is 23.8 Å². The summed E-state index contributed by atoms with van der Waals surface area (Å²) < 4.78 is 5.13. The van der Waals surface area contributed by atoms with Gasteiger partial charge in [-0.05, 0) is 37.4 Å². The number of carbonyl (C=O) groups excluding carboxylic acids is 3. The van der Waals surface area contributed by atoms with Crippen molar-refractivity contribution >= 4 is 34.7 Å². The minimum Gasteiger partial charge on any atom is -0.452 e. The summed E-state index contributed by atoms with van der Waals surface area (Å²) in [6.07, 6.45) is -0.804. The highest BCUT2D eigenvalue weighted by Crippen LogP contribution is 2.16. The number of Topliss-reactive ketones (excluding diaryl/α,β-unsaturated/α-hetero) is 1. The molecule has 2 rings (SSSR count). The average molecular weight is 331 g/mol. The van der Waals surface area contributed by atoms with Crippen LogP contribution in [0.5, 0.6) is 0 Å². The number of hydrogen-bond acceptors (Lipinski definition) is 5. The van der Waals surface area contributed by atoms with Crippen LogP contribution < -0.4 is 5.32 Å². The number of para-hydroxylation sites is 1. The predicted octanol–water partition coefficient (Wildman–Crippen LogP) is 3.06. The molecule has 0 aliphatic rings. The Kier molecular flexibility index (Phi) is 5.65. The van der Waals surface area contributed by atoms with Crippen LogP contribution in [0.25, 0.3) is 0 Å². The molecule has 5 nitrogen and oxygen atoms in total. The second-order valence-electron chi connectivity index (χ2n) is 4.98. The average Bonchev–Trinajstić information content (AvgIpc) is 3.00. The maximum absolute atomic E-state index is 12.1. The fraction of sp³-hybridized carbons (Fsp3) is 0.235. The first-order valence-corrected chi connectivity index (χ1v) is 7.98. The second-order valence-corrected chi connectivity index (χ2v) is 6.01. The SMILES string of the molecule is CC(=O)c1ccccc1NC(=O)C(C)OC(=O)Cc1cccs1. The van der Waals surface area contributed by atoms with Gasteiger partial charge < -0.3 is 10.1 Å². The molecule has 120 valence electrons. The van der Waals surface area contributed by atoms with E-state index in [1.165, 1.54) is 25.2 Å².